The van der Waals surface area contributed by atoms with E-state index in [0.717, 1.165) is 24.4 Å². The van der Waals surface area contributed by atoms with Gasteiger partial charge in [0.25, 0.3) is 5.91 Å². The Morgan fingerprint density at radius 3 is 2.50 bits per heavy atom. The van der Waals surface area contributed by atoms with Crippen molar-refractivity contribution in [1.82, 2.24) is 25.8 Å². The van der Waals surface area contributed by atoms with Crippen LogP contribution in [0.15, 0.2) is 42.7 Å². The molecule has 0 spiro atoms. The molecule has 34 heavy (non-hydrogen) atoms. The minimum atomic E-state index is -4.83. The molecule has 0 aliphatic heterocycles. The molecule has 2 heterocycles. The maximum Gasteiger partial charge on any atom is 0.418 e. The van der Waals surface area contributed by atoms with Crippen molar-refractivity contribution in [2.75, 3.05) is 5.32 Å². The predicted molar refractivity (Wildman–Crippen MR) is 109 cm³/mol. The highest BCUT2D eigenvalue weighted by Gasteiger charge is 2.51. The zero-order chi connectivity index (χ0) is 24.5. The lowest BCUT2D eigenvalue weighted by Crippen LogP contribution is -2.49. The number of carbonyl (C=O) groups is 2. The van der Waals surface area contributed by atoms with Crippen molar-refractivity contribution in [1.29, 1.82) is 0 Å². The topological polar surface area (TPSA) is 112 Å². The first-order valence-corrected chi connectivity index (χ1v) is 9.96. The minimum Gasteiger partial charge on any atom is -0.351 e. The van der Waals surface area contributed by atoms with E-state index in [2.05, 4.69) is 31.1 Å². The average molecular weight is 480 g/mol. The standard InChI is InChI=1S/C21H17F5N6O2/c22-13-3-1-2-12(21(24,25)26)17(13)30-11-8-14(23)16(27-9-11)10-28-19(34)20(5-6-20)31-18(33)15-4-7-29-32-15/h1-4,7-9,30H,5-6,10H2,(H,28,34)(H,29,32)(H,31,33). The molecule has 0 saturated heterocycles. The largest absolute Gasteiger partial charge is 0.418 e. The van der Waals surface area contributed by atoms with E-state index in [1.165, 1.54) is 12.3 Å². The number of hydrogen-bond donors (Lipinski definition) is 4. The lowest BCUT2D eigenvalue weighted by Gasteiger charge is -2.17. The van der Waals surface area contributed by atoms with Crippen LogP contribution < -0.4 is 16.0 Å². The molecule has 8 nitrogen and oxygen atoms in total. The number of H-pyrrole nitrogens is 1. The molecule has 4 N–H and O–H groups in total. The average Bonchev–Trinajstić information content (AvgIpc) is 3.34. The summed E-state index contributed by atoms with van der Waals surface area (Å²) in [5, 5.41) is 13.4. The van der Waals surface area contributed by atoms with Crippen molar-refractivity contribution in [2.45, 2.75) is 31.1 Å². The third-order valence-electron chi connectivity index (χ3n) is 5.20. The number of hydrogen-bond acceptors (Lipinski definition) is 5. The molecule has 2 amide bonds. The summed E-state index contributed by atoms with van der Waals surface area (Å²) < 4.78 is 67.9. The van der Waals surface area contributed by atoms with E-state index in [1.807, 2.05) is 0 Å². The number of rotatable bonds is 7. The Kier molecular flexibility index (Phi) is 5.94. The summed E-state index contributed by atoms with van der Waals surface area (Å²) in [6.07, 6.45) is -1.64. The molecule has 1 aliphatic carbocycles. The second-order valence-corrected chi connectivity index (χ2v) is 7.63. The molecule has 0 atom stereocenters. The molecule has 2 aromatic heterocycles. The summed E-state index contributed by atoms with van der Waals surface area (Å²) in [6.45, 7) is -0.333. The lowest BCUT2D eigenvalue weighted by molar-refractivity contribution is -0.137. The Hall–Kier alpha value is -4.03. The van der Waals surface area contributed by atoms with Crippen LogP contribution in [0.3, 0.4) is 0 Å². The Labute approximate surface area is 189 Å². The molecule has 0 bridgehead atoms. The number of nitrogens with zero attached hydrogens (tertiary/aromatic N) is 2. The van der Waals surface area contributed by atoms with Crippen molar-refractivity contribution in [2.24, 2.45) is 0 Å². The fourth-order valence-electron chi connectivity index (χ4n) is 3.23. The molecule has 4 rings (SSSR count). The second kappa shape index (κ2) is 8.72. The quantitative estimate of drug-likeness (QED) is 0.387. The smallest absolute Gasteiger partial charge is 0.351 e. The van der Waals surface area contributed by atoms with Crippen LogP contribution >= 0.6 is 0 Å². The monoisotopic (exact) mass is 480 g/mol. The van der Waals surface area contributed by atoms with Crippen LogP contribution in [0.2, 0.25) is 0 Å². The fourth-order valence-corrected chi connectivity index (χ4v) is 3.23. The van der Waals surface area contributed by atoms with Gasteiger partial charge in [0.05, 0.1) is 35.4 Å². The molecule has 1 fully saturated rings. The van der Waals surface area contributed by atoms with E-state index in [4.69, 9.17) is 0 Å². The summed E-state index contributed by atoms with van der Waals surface area (Å²) in [5.41, 5.74) is -3.47. The first kappa shape index (κ1) is 23.1. The summed E-state index contributed by atoms with van der Waals surface area (Å²) in [4.78, 5) is 28.5. The number of carbonyl (C=O) groups excluding carboxylic acids is 2. The number of aromatic nitrogens is 3. The van der Waals surface area contributed by atoms with Gasteiger partial charge in [-0.1, -0.05) is 6.07 Å². The van der Waals surface area contributed by atoms with E-state index in [0.29, 0.717) is 18.9 Å². The van der Waals surface area contributed by atoms with E-state index in [1.54, 1.807) is 0 Å². The van der Waals surface area contributed by atoms with Crippen LogP contribution in [0.25, 0.3) is 0 Å². The molecule has 1 saturated carbocycles. The van der Waals surface area contributed by atoms with Gasteiger partial charge in [0.2, 0.25) is 5.91 Å². The second-order valence-electron chi connectivity index (χ2n) is 7.63. The first-order valence-electron chi connectivity index (χ1n) is 9.96. The molecular weight excluding hydrogens is 463 g/mol. The molecule has 13 heteroatoms. The highest BCUT2D eigenvalue weighted by atomic mass is 19.4. The minimum absolute atomic E-state index is 0.179. The number of benzene rings is 1. The van der Waals surface area contributed by atoms with E-state index < -0.39 is 46.4 Å². The van der Waals surface area contributed by atoms with Crippen LogP contribution in [0.1, 0.15) is 34.6 Å². The fraction of sp³-hybridized carbons (Fsp3) is 0.238. The summed E-state index contributed by atoms with van der Waals surface area (Å²) in [7, 11) is 0. The lowest BCUT2D eigenvalue weighted by atomic mass is 10.1. The van der Waals surface area contributed by atoms with Crippen LogP contribution in [0, 0.1) is 11.6 Å². The Morgan fingerprint density at radius 2 is 1.88 bits per heavy atom. The Morgan fingerprint density at radius 1 is 1.12 bits per heavy atom. The van der Waals surface area contributed by atoms with Gasteiger partial charge in [-0.25, -0.2) is 8.78 Å². The van der Waals surface area contributed by atoms with E-state index in [-0.39, 0.29) is 23.6 Å². The highest BCUT2D eigenvalue weighted by molar-refractivity contribution is 5.99. The number of anilines is 2. The van der Waals surface area contributed by atoms with Gasteiger partial charge in [-0.2, -0.15) is 18.3 Å². The molecule has 1 aliphatic rings. The van der Waals surface area contributed by atoms with Crippen LogP contribution in [-0.4, -0.2) is 32.5 Å². The molecule has 178 valence electrons. The van der Waals surface area contributed by atoms with Crippen molar-refractivity contribution in [3.8, 4) is 0 Å². The Balaban J connectivity index is 1.41. The molecular formula is C21H17F5N6O2. The normalized spacial score (nSPS) is 14.4. The highest BCUT2D eigenvalue weighted by Crippen LogP contribution is 2.38. The van der Waals surface area contributed by atoms with Crippen LogP contribution in [0.5, 0.6) is 0 Å². The van der Waals surface area contributed by atoms with Crippen molar-refractivity contribution in [3.05, 3.63) is 71.3 Å². The number of nitrogens with one attached hydrogen (secondary N) is 4. The number of para-hydroxylation sites is 1. The molecule has 0 radical (unpaired) electrons. The third-order valence-corrected chi connectivity index (χ3v) is 5.20. The van der Waals surface area contributed by atoms with Crippen LogP contribution in [0.4, 0.5) is 33.3 Å². The van der Waals surface area contributed by atoms with E-state index in [9.17, 15) is 31.5 Å². The van der Waals surface area contributed by atoms with Gasteiger partial charge < -0.3 is 16.0 Å². The number of aromatic amines is 1. The summed E-state index contributed by atoms with van der Waals surface area (Å²) >= 11 is 0. The zero-order valence-electron chi connectivity index (χ0n) is 17.3. The van der Waals surface area contributed by atoms with Crippen molar-refractivity contribution in [3.63, 3.8) is 0 Å². The van der Waals surface area contributed by atoms with Gasteiger partial charge in [-0.15, -0.1) is 0 Å². The van der Waals surface area contributed by atoms with Gasteiger partial charge in [0.15, 0.2) is 0 Å². The first-order chi connectivity index (χ1) is 16.1. The number of pyridine rings is 1. The van der Waals surface area contributed by atoms with Crippen molar-refractivity contribution >= 4 is 23.2 Å². The van der Waals surface area contributed by atoms with E-state index >= 15 is 0 Å². The molecule has 1 aromatic carbocycles. The van der Waals surface area contributed by atoms with Gasteiger partial charge in [-0.3, -0.25) is 19.7 Å². The molecule has 3 aromatic rings. The number of alkyl halides is 3. The Bertz CT molecular complexity index is 1220. The molecule has 0 unspecified atom stereocenters. The van der Waals surface area contributed by atoms with Gasteiger partial charge >= 0.3 is 6.18 Å². The van der Waals surface area contributed by atoms with Gasteiger partial charge in [-0.05, 0) is 31.0 Å². The van der Waals surface area contributed by atoms with Crippen molar-refractivity contribution < 1.29 is 31.5 Å². The maximum absolute atomic E-state index is 14.5. The SMILES string of the molecule is O=C(NC1(C(=O)NCc2ncc(Nc3c(F)cccc3C(F)(F)F)cc2F)CC1)c1ccn[nH]1. The zero-order valence-corrected chi connectivity index (χ0v) is 17.3. The number of amides is 2. The van der Waals surface area contributed by atoms with Gasteiger partial charge in [0.1, 0.15) is 22.9 Å². The third kappa shape index (κ3) is 4.82. The number of halogens is 5. The maximum atomic E-state index is 14.5. The van der Waals surface area contributed by atoms with Crippen LogP contribution in [-0.2, 0) is 17.5 Å². The summed E-state index contributed by atoms with van der Waals surface area (Å²) in [5.74, 6) is -3.15. The summed E-state index contributed by atoms with van der Waals surface area (Å²) in [6, 6.07) is 4.73. The van der Waals surface area contributed by atoms with Gasteiger partial charge in [0, 0.05) is 12.3 Å². The predicted octanol–water partition coefficient (Wildman–Crippen LogP) is 3.42.